The molecule has 1 saturated heterocycles. The monoisotopic (exact) mass is 279 g/mol. The van der Waals surface area contributed by atoms with Gasteiger partial charge in [0.15, 0.2) is 0 Å². The molecule has 12 heavy (non-hydrogen) atoms. The molecule has 0 N–H and O–H groups in total. The summed E-state index contributed by atoms with van der Waals surface area (Å²) in [6, 6.07) is 0.931. The molecule has 2 aliphatic rings. The lowest BCUT2D eigenvalue weighted by atomic mass is 10.0. The fraction of sp³-hybridized carbons (Fsp3) is 0.889. The Balaban J connectivity index is 2.10. The summed E-state index contributed by atoms with van der Waals surface area (Å²) in [5.74, 6) is 1.16. The van der Waals surface area contributed by atoms with Crippen LogP contribution in [0, 0.1) is 5.92 Å². The molecule has 3 heteroatoms. The molecule has 2 fully saturated rings. The van der Waals surface area contributed by atoms with Gasteiger partial charge in [-0.15, -0.1) is 0 Å². The van der Waals surface area contributed by atoms with Crippen LogP contribution >= 0.6 is 22.9 Å². The smallest absolute Gasteiger partial charge is 0.147 e. The first kappa shape index (κ1) is 8.94. The maximum Gasteiger partial charge on any atom is 0.147 e. The third-order valence-corrected chi connectivity index (χ3v) is 4.62. The third kappa shape index (κ3) is 1.31. The van der Waals surface area contributed by atoms with E-state index in [1.54, 1.807) is 6.92 Å². The number of hydrogen-bond acceptors (Lipinski definition) is 2. The van der Waals surface area contributed by atoms with Crippen molar-refractivity contribution in [3.05, 3.63) is 0 Å². The van der Waals surface area contributed by atoms with Crippen molar-refractivity contribution in [2.24, 2.45) is 5.92 Å². The maximum atomic E-state index is 11.2. The van der Waals surface area contributed by atoms with Gasteiger partial charge in [0.25, 0.3) is 0 Å². The van der Waals surface area contributed by atoms with Crippen molar-refractivity contribution in [3.8, 4) is 0 Å². The highest BCUT2D eigenvalue weighted by Crippen LogP contribution is 2.43. The van der Waals surface area contributed by atoms with Crippen molar-refractivity contribution in [2.75, 3.05) is 0 Å². The van der Waals surface area contributed by atoms with Crippen LogP contribution in [0.5, 0.6) is 0 Å². The van der Waals surface area contributed by atoms with Crippen LogP contribution in [0.1, 0.15) is 32.6 Å². The number of hydrogen-bond donors (Lipinski definition) is 0. The van der Waals surface area contributed by atoms with Crippen molar-refractivity contribution in [1.29, 1.82) is 0 Å². The van der Waals surface area contributed by atoms with Crippen LogP contribution in [0.3, 0.4) is 0 Å². The highest BCUT2D eigenvalue weighted by atomic mass is 127. The summed E-state index contributed by atoms with van der Waals surface area (Å²) < 4.78 is 2.28. The van der Waals surface area contributed by atoms with Crippen LogP contribution in [0.4, 0.5) is 0 Å². The molecule has 0 bridgehead atoms. The molecular formula is C9H14INO. The van der Waals surface area contributed by atoms with E-state index in [1.165, 1.54) is 19.3 Å². The molecule has 1 aliphatic carbocycles. The molecule has 3 atom stereocenters. The highest BCUT2D eigenvalue weighted by molar-refractivity contribution is 14.1. The number of carbonyl (C=O) groups is 1. The molecule has 0 spiro atoms. The van der Waals surface area contributed by atoms with Gasteiger partial charge in [0.05, 0.1) is 6.04 Å². The largest absolute Gasteiger partial charge is 0.298 e. The zero-order chi connectivity index (χ0) is 8.72. The van der Waals surface area contributed by atoms with Gasteiger partial charge in [-0.1, -0.05) is 6.42 Å². The van der Waals surface area contributed by atoms with Crippen molar-refractivity contribution in [3.63, 3.8) is 0 Å². The Morgan fingerprint density at radius 1 is 1.50 bits per heavy atom. The number of halogens is 1. The second-order valence-corrected chi connectivity index (χ2v) is 5.08. The normalized spacial score (nSPS) is 41.7. The molecule has 2 nitrogen and oxygen atoms in total. The second-order valence-electron chi connectivity index (χ2n) is 3.96. The molecular weight excluding hydrogens is 265 g/mol. The van der Waals surface area contributed by atoms with E-state index in [0.29, 0.717) is 11.8 Å². The zero-order valence-corrected chi connectivity index (χ0v) is 9.45. The van der Waals surface area contributed by atoms with Crippen LogP contribution < -0.4 is 0 Å². The highest BCUT2D eigenvalue weighted by Gasteiger charge is 2.44. The summed E-state index contributed by atoms with van der Waals surface area (Å²) >= 11 is 2.34. The summed E-state index contributed by atoms with van der Waals surface area (Å²) in [6.07, 6.45) is 5.12. The number of ketones is 1. The average Bonchev–Trinajstić information content (AvgIpc) is 2.53. The number of rotatable bonds is 1. The van der Waals surface area contributed by atoms with Gasteiger partial charge in [-0.05, 0) is 32.1 Å². The lowest BCUT2D eigenvalue weighted by molar-refractivity contribution is -0.119. The number of fused-ring (bicyclic) bond motifs is 1. The Hall–Kier alpha value is 0.360. The fourth-order valence-electron chi connectivity index (χ4n) is 2.58. The predicted octanol–water partition coefficient (Wildman–Crippen LogP) is 2.17. The Bertz CT molecular complexity index is 207. The maximum absolute atomic E-state index is 11.2. The molecule has 0 aromatic carbocycles. The van der Waals surface area contributed by atoms with E-state index in [2.05, 4.69) is 26.0 Å². The molecule has 0 aromatic rings. The molecule has 68 valence electrons. The van der Waals surface area contributed by atoms with Gasteiger partial charge >= 0.3 is 0 Å². The Kier molecular flexibility index (Phi) is 2.42. The van der Waals surface area contributed by atoms with Crippen molar-refractivity contribution >= 4 is 28.6 Å². The van der Waals surface area contributed by atoms with E-state index in [4.69, 9.17) is 0 Å². The predicted molar refractivity (Wildman–Crippen MR) is 56.1 cm³/mol. The Labute approximate surface area is 87.2 Å². The van der Waals surface area contributed by atoms with E-state index >= 15 is 0 Å². The molecule has 1 aliphatic heterocycles. The van der Waals surface area contributed by atoms with E-state index in [-0.39, 0.29) is 6.04 Å². The zero-order valence-electron chi connectivity index (χ0n) is 7.29. The Morgan fingerprint density at radius 3 is 2.83 bits per heavy atom. The summed E-state index contributed by atoms with van der Waals surface area (Å²) in [7, 11) is 0. The van der Waals surface area contributed by atoms with E-state index in [1.807, 2.05) is 0 Å². The average molecular weight is 279 g/mol. The quantitative estimate of drug-likeness (QED) is 0.541. The number of carbonyl (C=O) groups excluding carboxylic acids is 1. The van der Waals surface area contributed by atoms with Crippen LogP contribution in [-0.4, -0.2) is 21.0 Å². The third-order valence-electron chi connectivity index (χ3n) is 3.23. The van der Waals surface area contributed by atoms with Gasteiger partial charge < -0.3 is 0 Å². The van der Waals surface area contributed by atoms with Gasteiger partial charge in [0.1, 0.15) is 5.78 Å². The molecule has 2 rings (SSSR count). The van der Waals surface area contributed by atoms with Crippen LogP contribution in [-0.2, 0) is 4.79 Å². The standard InChI is InChI=1S/C9H14INO/c1-6(12)9-5-7-3-2-4-8(7)11(9)10/h7-9H,2-5H2,1H3/t7-,8-,9-/m0/s1. The summed E-state index contributed by atoms with van der Waals surface area (Å²) in [5, 5.41) is 0. The van der Waals surface area contributed by atoms with Gasteiger partial charge in [0, 0.05) is 28.9 Å². The summed E-state index contributed by atoms with van der Waals surface area (Å²) in [6.45, 7) is 1.72. The number of Topliss-reactive ketones (excluding diaryl/α,β-unsaturated/α-hetero) is 1. The first-order valence-electron chi connectivity index (χ1n) is 4.64. The minimum atomic E-state index is 0.223. The minimum absolute atomic E-state index is 0.223. The fourth-order valence-corrected chi connectivity index (χ4v) is 3.93. The second kappa shape index (κ2) is 3.25. The topological polar surface area (TPSA) is 20.3 Å². The molecule has 0 amide bonds. The molecule has 1 saturated carbocycles. The first-order chi connectivity index (χ1) is 5.70. The van der Waals surface area contributed by atoms with Gasteiger partial charge in [-0.25, -0.2) is 3.11 Å². The van der Waals surface area contributed by atoms with Crippen molar-refractivity contribution < 1.29 is 4.79 Å². The van der Waals surface area contributed by atoms with E-state index < -0.39 is 0 Å². The van der Waals surface area contributed by atoms with Crippen LogP contribution in [0.2, 0.25) is 0 Å². The first-order valence-corrected chi connectivity index (χ1v) is 5.61. The number of nitrogens with zero attached hydrogens (tertiary/aromatic N) is 1. The minimum Gasteiger partial charge on any atom is -0.298 e. The lowest BCUT2D eigenvalue weighted by Gasteiger charge is -2.19. The van der Waals surface area contributed by atoms with Crippen molar-refractivity contribution in [2.45, 2.75) is 44.7 Å². The lowest BCUT2D eigenvalue weighted by Crippen LogP contribution is -2.31. The van der Waals surface area contributed by atoms with Gasteiger partial charge in [0.2, 0.25) is 0 Å². The van der Waals surface area contributed by atoms with Crippen molar-refractivity contribution in [1.82, 2.24) is 3.11 Å². The van der Waals surface area contributed by atoms with Gasteiger partial charge in [-0.3, -0.25) is 4.79 Å². The SMILES string of the molecule is CC(=O)[C@@H]1C[C@@H]2CCC[C@@H]2N1I. The molecule has 0 aromatic heterocycles. The van der Waals surface area contributed by atoms with Crippen LogP contribution in [0.15, 0.2) is 0 Å². The Morgan fingerprint density at radius 2 is 2.25 bits per heavy atom. The molecule has 0 radical (unpaired) electrons. The van der Waals surface area contributed by atoms with Crippen LogP contribution in [0.25, 0.3) is 0 Å². The summed E-state index contributed by atoms with van der Waals surface area (Å²) in [5.41, 5.74) is 0. The van der Waals surface area contributed by atoms with E-state index in [9.17, 15) is 4.79 Å². The molecule has 0 unspecified atom stereocenters. The summed E-state index contributed by atoms with van der Waals surface area (Å²) in [4.78, 5) is 11.2. The molecule has 1 heterocycles. The van der Waals surface area contributed by atoms with E-state index in [0.717, 1.165) is 12.3 Å². The van der Waals surface area contributed by atoms with Gasteiger partial charge in [-0.2, -0.15) is 0 Å².